The molecular weight excluding hydrogens is 391 g/mol. The molecule has 1 heterocycles. The second-order valence-electron chi connectivity index (χ2n) is 6.41. The van der Waals surface area contributed by atoms with Crippen LogP contribution in [-0.4, -0.2) is 34.3 Å². The van der Waals surface area contributed by atoms with Crippen molar-refractivity contribution in [3.63, 3.8) is 0 Å². The molecule has 2 aromatic rings. The van der Waals surface area contributed by atoms with Crippen molar-refractivity contribution >= 4 is 11.9 Å². The highest BCUT2D eigenvalue weighted by Gasteiger charge is 2.30. The second-order valence-corrected chi connectivity index (χ2v) is 6.41. The third kappa shape index (κ3) is 5.66. The van der Waals surface area contributed by atoms with Crippen LogP contribution in [0.25, 0.3) is 5.69 Å². The molecule has 1 aromatic heterocycles. The molecule has 0 aliphatic carbocycles. The first-order chi connectivity index (χ1) is 13.5. The normalized spacial score (nSPS) is 12.3. The van der Waals surface area contributed by atoms with Crippen molar-refractivity contribution in [2.75, 3.05) is 6.61 Å². The van der Waals surface area contributed by atoms with E-state index in [1.54, 1.807) is 6.92 Å². The number of alkyl halides is 3. The lowest BCUT2D eigenvalue weighted by Gasteiger charge is -2.14. The van der Waals surface area contributed by atoms with Crippen LogP contribution in [0.1, 0.15) is 42.0 Å². The van der Waals surface area contributed by atoms with E-state index >= 15 is 0 Å². The molecule has 0 radical (unpaired) electrons. The van der Waals surface area contributed by atoms with Crippen LogP contribution in [0, 0.1) is 6.92 Å². The highest BCUT2D eigenvalue weighted by Crippen LogP contribution is 2.30. The predicted molar refractivity (Wildman–Crippen MR) is 97.8 cm³/mol. The SMILES string of the molecule is CC[C@@H](C)NC(=O)COC(=O)c1nn(-c2cccc(C(F)(F)F)c2)c(C)cc1=O. The van der Waals surface area contributed by atoms with Gasteiger partial charge in [0, 0.05) is 17.8 Å². The zero-order valence-corrected chi connectivity index (χ0v) is 16.0. The summed E-state index contributed by atoms with van der Waals surface area (Å²) in [7, 11) is 0. The number of hydrogen-bond donors (Lipinski definition) is 1. The van der Waals surface area contributed by atoms with E-state index in [1.807, 2.05) is 6.92 Å². The molecule has 156 valence electrons. The van der Waals surface area contributed by atoms with Gasteiger partial charge in [0.2, 0.25) is 11.1 Å². The standard InChI is InChI=1S/C19H20F3N3O4/c1-4-11(2)23-16(27)10-29-18(28)17-15(26)8-12(3)25(24-17)14-7-5-6-13(9-14)19(20,21)22/h5-9,11H,4,10H2,1-3H3,(H,23,27)/t11-/m1/s1. The molecular formula is C19H20F3N3O4. The van der Waals surface area contributed by atoms with Gasteiger partial charge < -0.3 is 10.1 Å². The minimum Gasteiger partial charge on any atom is -0.451 e. The summed E-state index contributed by atoms with van der Waals surface area (Å²) < 4.78 is 44.7. The van der Waals surface area contributed by atoms with Gasteiger partial charge in [-0.15, -0.1) is 0 Å². The fraction of sp³-hybridized carbons (Fsp3) is 0.368. The average Bonchev–Trinajstić information content (AvgIpc) is 2.65. The molecule has 0 aliphatic heterocycles. The number of ether oxygens (including phenoxy) is 1. The highest BCUT2D eigenvalue weighted by molar-refractivity contribution is 5.89. The Morgan fingerprint density at radius 1 is 1.28 bits per heavy atom. The first-order valence-corrected chi connectivity index (χ1v) is 8.78. The Kier molecular flexibility index (Phi) is 6.78. The number of amides is 1. The molecule has 1 amide bonds. The highest BCUT2D eigenvalue weighted by atomic mass is 19.4. The number of benzene rings is 1. The van der Waals surface area contributed by atoms with Gasteiger partial charge in [-0.25, -0.2) is 9.48 Å². The predicted octanol–water partition coefficient (Wildman–Crippen LogP) is 2.63. The van der Waals surface area contributed by atoms with Gasteiger partial charge in [0.25, 0.3) is 5.91 Å². The van der Waals surface area contributed by atoms with Crippen LogP contribution < -0.4 is 10.7 Å². The number of esters is 1. The average molecular weight is 411 g/mol. The monoisotopic (exact) mass is 411 g/mol. The van der Waals surface area contributed by atoms with Crippen molar-refractivity contribution in [3.05, 3.63) is 57.5 Å². The molecule has 1 aromatic carbocycles. The molecule has 0 saturated carbocycles. The van der Waals surface area contributed by atoms with Crippen molar-refractivity contribution in [1.29, 1.82) is 0 Å². The van der Waals surface area contributed by atoms with Gasteiger partial charge in [-0.2, -0.15) is 18.3 Å². The van der Waals surface area contributed by atoms with E-state index in [2.05, 4.69) is 10.4 Å². The number of aromatic nitrogens is 2. The van der Waals surface area contributed by atoms with Crippen molar-refractivity contribution in [1.82, 2.24) is 15.1 Å². The van der Waals surface area contributed by atoms with Crippen molar-refractivity contribution in [3.8, 4) is 5.69 Å². The van der Waals surface area contributed by atoms with Gasteiger partial charge >= 0.3 is 12.1 Å². The van der Waals surface area contributed by atoms with E-state index in [1.165, 1.54) is 19.1 Å². The van der Waals surface area contributed by atoms with E-state index in [-0.39, 0.29) is 17.4 Å². The lowest BCUT2D eigenvalue weighted by atomic mass is 10.2. The summed E-state index contributed by atoms with van der Waals surface area (Å²) in [4.78, 5) is 36.0. The summed E-state index contributed by atoms with van der Waals surface area (Å²) in [6.07, 6.45) is -3.88. The molecule has 7 nitrogen and oxygen atoms in total. The molecule has 0 unspecified atom stereocenters. The van der Waals surface area contributed by atoms with E-state index in [4.69, 9.17) is 4.74 Å². The van der Waals surface area contributed by atoms with Crippen LogP contribution in [0.5, 0.6) is 0 Å². The molecule has 0 saturated heterocycles. The van der Waals surface area contributed by atoms with E-state index in [0.29, 0.717) is 6.42 Å². The van der Waals surface area contributed by atoms with Crippen LogP contribution in [0.3, 0.4) is 0 Å². The summed E-state index contributed by atoms with van der Waals surface area (Å²) in [6, 6.07) is 5.23. The number of carbonyl (C=O) groups is 2. The fourth-order valence-corrected chi connectivity index (χ4v) is 2.38. The summed E-state index contributed by atoms with van der Waals surface area (Å²) in [5, 5.41) is 6.44. The summed E-state index contributed by atoms with van der Waals surface area (Å²) in [5.74, 6) is -1.69. The molecule has 0 spiro atoms. The molecule has 0 fully saturated rings. The van der Waals surface area contributed by atoms with Gasteiger partial charge in [-0.05, 0) is 38.5 Å². The number of halogens is 3. The second kappa shape index (κ2) is 8.89. The maximum atomic E-state index is 13.0. The number of nitrogens with zero attached hydrogens (tertiary/aromatic N) is 2. The first kappa shape index (κ1) is 22.1. The van der Waals surface area contributed by atoms with E-state index in [9.17, 15) is 27.6 Å². The maximum Gasteiger partial charge on any atom is 0.416 e. The Labute approximate surface area is 164 Å². The number of aryl methyl sites for hydroxylation is 1. The fourth-order valence-electron chi connectivity index (χ4n) is 2.38. The van der Waals surface area contributed by atoms with E-state index in [0.717, 1.165) is 22.9 Å². The number of hydrogen-bond acceptors (Lipinski definition) is 5. The number of nitrogens with one attached hydrogen (secondary N) is 1. The minimum atomic E-state index is -4.56. The van der Waals surface area contributed by atoms with E-state index < -0.39 is 41.3 Å². The molecule has 29 heavy (non-hydrogen) atoms. The molecule has 0 bridgehead atoms. The van der Waals surface area contributed by atoms with Crippen molar-refractivity contribution < 1.29 is 27.5 Å². The number of carbonyl (C=O) groups excluding carboxylic acids is 2. The zero-order chi connectivity index (χ0) is 21.8. The molecule has 2 rings (SSSR count). The quantitative estimate of drug-likeness (QED) is 0.738. The van der Waals surface area contributed by atoms with Gasteiger partial charge in [-0.1, -0.05) is 13.0 Å². The Balaban J connectivity index is 2.29. The zero-order valence-electron chi connectivity index (χ0n) is 16.0. The van der Waals surface area contributed by atoms with Gasteiger partial charge in [0.05, 0.1) is 11.3 Å². The van der Waals surface area contributed by atoms with Gasteiger partial charge in [-0.3, -0.25) is 9.59 Å². The Hall–Kier alpha value is -3.17. The third-order valence-electron chi connectivity index (χ3n) is 4.07. The molecule has 10 heteroatoms. The van der Waals surface area contributed by atoms with Crippen LogP contribution in [0.15, 0.2) is 35.1 Å². The van der Waals surface area contributed by atoms with Crippen molar-refractivity contribution in [2.45, 2.75) is 39.4 Å². The third-order valence-corrected chi connectivity index (χ3v) is 4.07. The van der Waals surface area contributed by atoms with Crippen molar-refractivity contribution in [2.24, 2.45) is 0 Å². The summed E-state index contributed by atoms with van der Waals surface area (Å²) in [6.45, 7) is 4.49. The first-order valence-electron chi connectivity index (χ1n) is 8.78. The Morgan fingerprint density at radius 2 is 1.97 bits per heavy atom. The largest absolute Gasteiger partial charge is 0.451 e. The van der Waals surface area contributed by atoms with Crippen LogP contribution in [-0.2, 0) is 15.7 Å². The lowest BCUT2D eigenvalue weighted by Crippen LogP contribution is -2.36. The summed E-state index contributed by atoms with van der Waals surface area (Å²) >= 11 is 0. The van der Waals surface area contributed by atoms with Crippen LogP contribution in [0.4, 0.5) is 13.2 Å². The molecule has 1 N–H and O–H groups in total. The number of rotatable bonds is 6. The lowest BCUT2D eigenvalue weighted by molar-refractivity contribution is -0.137. The topological polar surface area (TPSA) is 90.3 Å². The van der Waals surface area contributed by atoms with Crippen LogP contribution >= 0.6 is 0 Å². The maximum absolute atomic E-state index is 13.0. The van der Waals surface area contributed by atoms with Gasteiger partial charge in [0.15, 0.2) is 6.61 Å². The van der Waals surface area contributed by atoms with Crippen LogP contribution in [0.2, 0.25) is 0 Å². The molecule has 1 atom stereocenters. The Bertz CT molecular complexity index is 970. The summed E-state index contributed by atoms with van der Waals surface area (Å²) in [5.41, 5.74) is -2.07. The minimum absolute atomic E-state index is 0.0147. The van der Waals surface area contributed by atoms with Gasteiger partial charge in [0.1, 0.15) is 0 Å². The Morgan fingerprint density at radius 3 is 2.59 bits per heavy atom. The smallest absolute Gasteiger partial charge is 0.416 e. The molecule has 0 aliphatic rings.